The zero-order valence-corrected chi connectivity index (χ0v) is 11.0. The summed E-state index contributed by atoms with van der Waals surface area (Å²) in [7, 11) is 0. The Hall–Kier alpha value is -1.31. The summed E-state index contributed by atoms with van der Waals surface area (Å²) < 4.78 is 0. The van der Waals surface area contributed by atoms with E-state index in [0.717, 1.165) is 24.3 Å². The molecule has 0 heterocycles. The summed E-state index contributed by atoms with van der Waals surface area (Å²) in [5.74, 6) is 0. The molecular weight excluding hydrogens is 242 g/mol. The van der Waals surface area contributed by atoms with E-state index in [-0.39, 0.29) is 5.54 Å². The first kappa shape index (κ1) is 11.8. The highest BCUT2D eigenvalue weighted by molar-refractivity contribution is 6.30. The number of nitrogens with two attached hydrogens (primary N) is 1. The molecule has 1 nitrogen and oxygen atoms in total. The molecule has 0 saturated heterocycles. The van der Waals surface area contributed by atoms with Crippen molar-refractivity contribution >= 4 is 11.6 Å². The number of fused-ring (bicyclic) bond motifs is 1. The number of benzene rings is 2. The molecule has 0 radical (unpaired) electrons. The number of rotatable bonds is 2. The van der Waals surface area contributed by atoms with Crippen molar-refractivity contribution in [1.29, 1.82) is 0 Å². The fraction of sp³-hybridized carbons (Fsp3) is 0.250. The molecule has 92 valence electrons. The maximum Gasteiger partial charge on any atom is 0.0408 e. The average molecular weight is 258 g/mol. The van der Waals surface area contributed by atoms with Gasteiger partial charge in [0.05, 0.1) is 0 Å². The Labute approximate surface area is 113 Å². The molecule has 0 bridgehead atoms. The van der Waals surface area contributed by atoms with Gasteiger partial charge in [-0.05, 0) is 48.1 Å². The minimum atomic E-state index is -0.158. The van der Waals surface area contributed by atoms with Crippen LogP contribution in [-0.4, -0.2) is 5.54 Å². The third-order valence-corrected chi connectivity index (χ3v) is 3.88. The average Bonchev–Trinajstić information content (AvgIpc) is 2.64. The van der Waals surface area contributed by atoms with Crippen LogP contribution in [0.2, 0.25) is 5.02 Å². The highest BCUT2D eigenvalue weighted by Gasteiger charge is 2.33. The van der Waals surface area contributed by atoms with Gasteiger partial charge in [-0.1, -0.05) is 48.0 Å². The minimum Gasteiger partial charge on any atom is -0.324 e. The molecule has 1 aliphatic rings. The van der Waals surface area contributed by atoms with Gasteiger partial charge >= 0.3 is 0 Å². The van der Waals surface area contributed by atoms with Crippen molar-refractivity contribution in [2.45, 2.75) is 24.8 Å². The number of hydrogen-bond donors (Lipinski definition) is 1. The van der Waals surface area contributed by atoms with Gasteiger partial charge < -0.3 is 5.73 Å². The summed E-state index contributed by atoms with van der Waals surface area (Å²) in [6, 6.07) is 16.5. The van der Waals surface area contributed by atoms with Crippen LogP contribution in [0.3, 0.4) is 0 Å². The van der Waals surface area contributed by atoms with Gasteiger partial charge in [0.15, 0.2) is 0 Å². The van der Waals surface area contributed by atoms with Crippen molar-refractivity contribution in [1.82, 2.24) is 0 Å². The van der Waals surface area contributed by atoms with Crippen molar-refractivity contribution in [3.05, 3.63) is 70.2 Å². The molecule has 18 heavy (non-hydrogen) atoms. The van der Waals surface area contributed by atoms with Crippen LogP contribution in [0.1, 0.15) is 16.7 Å². The van der Waals surface area contributed by atoms with Gasteiger partial charge in [-0.3, -0.25) is 0 Å². The number of hydrogen-bond acceptors (Lipinski definition) is 1. The number of halogens is 1. The minimum absolute atomic E-state index is 0.158. The lowest BCUT2D eigenvalue weighted by Crippen LogP contribution is -2.42. The van der Waals surface area contributed by atoms with Crippen molar-refractivity contribution in [3.63, 3.8) is 0 Å². The third kappa shape index (κ3) is 2.29. The van der Waals surface area contributed by atoms with E-state index in [4.69, 9.17) is 17.3 Å². The Morgan fingerprint density at radius 1 is 1.00 bits per heavy atom. The van der Waals surface area contributed by atoms with Crippen molar-refractivity contribution < 1.29 is 0 Å². The van der Waals surface area contributed by atoms with Gasteiger partial charge in [0, 0.05) is 10.6 Å². The van der Waals surface area contributed by atoms with E-state index in [1.165, 1.54) is 16.7 Å². The predicted octanol–water partition coefficient (Wildman–Crippen LogP) is 3.38. The lowest BCUT2D eigenvalue weighted by atomic mass is 9.89. The van der Waals surface area contributed by atoms with Crippen LogP contribution in [0.25, 0.3) is 0 Å². The summed E-state index contributed by atoms with van der Waals surface area (Å²) in [4.78, 5) is 0. The van der Waals surface area contributed by atoms with Crippen molar-refractivity contribution in [3.8, 4) is 0 Å². The van der Waals surface area contributed by atoms with E-state index in [0.29, 0.717) is 0 Å². The van der Waals surface area contributed by atoms with Crippen LogP contribution in [0.4, 0.5) is 0 Å². The summed E-state index contributed by atoms with van der Waals surface area (Å²) >= 11 is 6.02. The third-order valence-electron chi connectivity index (χ3n) is 3.65. The second kappa shape index (κ2) is 4.42. The second-order valence-corrected chi connectivity index (χ2v) is 5.73. The molecule has 0 amide bonds. The topological polar surface area (TPSA) is 26.0 Å². The molecule has 0 aliphatic heterocycles. The molecule has 0 spiro atoms. The molecule has 0 fully saturated rings. The van der Waals surface area contributed by atoms with Gasteiger partial charge in [0.25, 0.3) is 0 Å². The monoisotopic (exact) mass is 257 g/mol. The lowest BCUT2D eigenvalue weighted by Gasteiger charge is -2.23. The fourth-order valence-electron chi connectivity index (χ4n) is 2.90. The molecule has 0 aromatic heterocycles. The summed E-state index contributed by atoms with van der Waals surface area (Å²) in [5, 5.41) is 0.784. The van der Waals surface area contributed by atoms with E-state index in [1.807, 2.05) is 18.2 Å². The molecule has 2 N–H and O–H groups in total. The standard InChI is InChI=1S/C16H16ClN/c17-15-7-3-4-12(8-15)9-16(18)10-13-5-1-2-6-14(13)11-16/h1-8H,9-11,18H2. The van der Waals surface area contributed by atoms with Crippen LogP contribution >= 0.6 is 11.6 Å². The van der Waals surface area contributed by atoms with Gasteiger partial charge in [-0.15, -0.1) is 0 Å². The molecule has 0 saturated carbocycles. The van der Waals surface area contributed by atoms with E-state index in [2.05, 4.69) is 30.3 Å². The summed E-state index contributed by atoms with van der Waals surface area (Å²) in [5.41, 5.74) is 10.4. The zero-order chi connectivity index (χ0) is 12.6. The first-order chi connectivity index (χ1) is 8.65. The molecule has 1 aliphatic carbocycles. The zero-order valence-electron chi connectivity index (χ0n) is 10.2. The maximum atomic E-state index is 6.55. The first-order valence-electron chi connectivity index (χ1n) is 6.25. The molecule has 2 heteroatoms. The molecule has 3 rings (SSSR count). The SMILES string of the molecule is NC1(Cc2cccc(Cl)c2)Cc2ccccc2C1. The Morgan fingerprint density at radius 3 is 2.28 bits per heavy atom. The highest BCUT2D eigenvalue weighted by atomic mass is 35.5. The second-order valence-electron chi connectivity index (χ2n) is 5.29. The van der Waals surface area contributed by atoms with E-state index in [1.54, 1.807) is 0 Å². The quantitative estimate of drug-likeness (QED) is 0.877. The largest absolute Gasteiger partial charge is 0.324 e. The Balaban J connectivity index is 1.83. The van der Waals surface area contributed by atoms with Crippen molar-refractivity contribution in [2.24, 2.45) is 5.73 Å². The maximum absolute atomic E-state index is 6.55. The predicted molar refractivity (Wildman–Crippen MR) is 75.9 cm³/mol. The molecule has 2 aromatic rings. The smallest absolute Gasteiger partial charge is 0.0408 e. The first-order valence-corrected chi connectivity index (χ1v) is 6.63. The molecule has 0 atom stereocenters. The molecular formula is C16H16ClN. The van der Waals surface area contributed by atoms with Gasteiger partial charge in [-0.25, -0.2) is 0 Å². The van der Waals surface area contributed by atoms with Gasteiger partial charge in [-0.2, -0.15) is 0 Å². The Kier molecular flexibility index (Phi) is 2.89. The molecule has 0 unspecified atom stereocenters. The van der Waals surface area contributed by atoms with Crippen LogP contribution in [0.15, 0.2) is 48.5 Å². The van der Waals surface area contributed by atoms with E-state index < -0.39 is 0 Å². The van der Waals surface area contributed by atoms with Crippen LogP contribution in [-0.2, 0) is 19.3 Å². The van der Waals surface area contributed by atoms with Crippen molar-refractivity contribution in [2.75, 3.05) is 0 Å². The Bertz CT molecular complexity index is 552. The molecule has 2 aromatic carbocycles. The summed E-state index contributed by atoms with van der Waals surface area (Å²) in [6.07, 6.45) is 2.79. The Morgan fingerprint density at radius 2 is 1.67 bits per heavy atom. The highest BCUT2D eigenvalue weighted by Crippen LogP contribution is 2.31. The fourth-order valence-corrected chi connectivity index (χ4v) is 3.11. The van der Waals surface area contributed by atoms with Crippen LogP contribution in [0, 0.1) is 0 Å². The van der Waals surface area contributed by atoms with Gasteiger partial charge in [0.2, 0.25) is 0 Å². The van der Waals surface area contributed by atoms with Crippen LogP contribution < -0.4 is 5.73 Å². The van der Waals surface area contributed by atoms with E-state index >= 15 is 0 Å². The summed E-state index contributed by atoms with van der Waals surface area (Å²) in [6.45, 7) is 0. The van der Waals surface area contributed by atoms with Crippen LogP contribution in [0.5, 0.6) is 0 Å². The normalized spacial score (nSPS) is 16.6. The van der Waals surface area contributed by atoms with Gasteiger partial charge in [0.1, 0.15) is 0 Å². The van der Waals surface area contributed by atoms with E-state index in [9.17, 15) is 0 Å². The lowest BCUT2D eigenvalue weighted by molar-refractivity contribution is 0.446.